The van der Waals surface area contributed by atoms with Gasteiger partial charge in [-0.05, 0) is 34.6 Å². The molecule has 0 aliphatic heterocycles. The van der Waals surface area contributed by atoms with E-state index in [0.717, 1.165) is 0 Å². The molecule has 5 nitrogen and oxygen atoms in total. The second-order valence-corrected chi connectivity index (χ2v) is 4.73. The van der Waals surface area contributed by atoms with Crippen LogP contribution in [0, 0.1) is 0 Å². The maximum atomic E-state index is 11.8. The predicted molar refractivity (Wildman–Crippen MR) is 64.9 cm³/mol. The van der Waals surface area contributed by atoms with Gasteiger partial charge in [-0.15, -0.1) is 0 Å². The summed E-state index contributed by atoms with van der Waals surface area (Å²) in [5, 5.41) is 0. The van der Waals surface area contributed by atoms with Crippen LogP contribution in [0.4, 0.5) is 4.79 Å². The number of likely N-dealkylation sites (N-methyl/N-ethyl adjacent to an activating group) is 1. The van der Waals surface area contributed by atoms with Gasteiger partial charge in [-0.1, -0.05) is 11.6 Å². The Labute approximate surface area is 107 Å². The van der Waals surface area contributed by atoms with E-state index in [-0.39, 0.29) is 6.07 Å². The Balaban J connectivity index is 4.61. The number of carbonyl (C=O) groups excluding carboxylic acids is 2. The quantitative estimate of drug-likeness (QED) is 0.578. The molecule has 0 fully saturated rings. The van der Waals surface area contributed by atoms with E-state index < -0.39 is 23.7 Å². The molecule has 0 aromatic heterocycles. The maximum Gasteiger partial charge on any atom is 0.411 e. The third-order valence-electron chi connectivity index (χ3n) is 1.97. The van der Waals surface area contributed by atoms with Gasteiger partial charge in [0, 0.05) is 6.54 Å². The Morgan fingerprint density at radius 2 is 1.88 bits per heavy atom. The predicted octanol–water partition coefficient (Wildman–Crippen LogP) is 2.37. The number of hydrogen-bond donors (Lipinski definition) is 0. The first-order chi connectivity index (χ1) is 7.72. The summed E-state index contributed by atoms with van der Waals surface area (Å²) in [5.74, 6) is -0.548. The number of nitrogens with zero attached hydrogens (tertiary/aromatic N) is 1. The summed E-state index contributed by atoms with van der Waals surface area (Å²) in [4.78, 5) is 24.6. The number of ether oxygens (including phenoxy) is 2. The lowest BCUT2D eigenvalue weighted by Crippen LogP contribution is -2.46. The molecule has 0 aromatic rings. The van der Waals surface area contributed by atoms with Crippen molar-refractivity contribution in [3.63, 3.8) is 0 Å². The average molecular weight is 266 g/mol. The molecule has 1 unspecified atom stereocenters. The van der Waals surface area contributed by atoms with E-state index in [1.165, 1.54) is 4.90 Å². The van der Waals surface area contributed by atoms with Crippen molar-refractivity contribution in [3.05, 3.63) is 0 Å². The van der Waals surface area contributed by atoms with Gasteiger partial charge < -0.3 is 9.47 Å². The Morgan fingerprint density at radius 3 is 2.24 bits per heavy atom. The molecule has 0 N–H and O–H groups in total. The largest absolute Gasteiger partial charge is 0.448 e. The highest BCUT2D eigenvalue weighted by molar-refractivity contribution is 6.17. The fourth-order valence-corrected chi connectivity index (χ4v) is 1.29. The molecule has 0 saturated heterocycles. The van der Waals surface area contributed by atoms with E-state index in [9.17, 15) is 9.59 Å². The number of rotatable bonds is 4. The van der Waals surface area contributed by atoms with Crippen molar-refractivity contribution in [1.82, 2.24) is 4.90 Å². The first kappa shape index (κ1) is 16.0. The average Bonchev–Trinajstić information content (AvgIpc) is 2.16. The maximum absolute atomic E-state index is 11.8. The molecule has 0 saturated carbocycles. The topological polar surface area (TPSA) is 55.8 Å². The molecule has 1 atom stereocenters. The number of carbonyl (C=O) groups is 2. The van der Waals surface area contributed by atoms with Gasteiger partial charge in [0.25, 0.3) is 0 Å². The van der Waals surface area contributed by atoms with Crippen molar-refractivity contribution in [1.29, 1.82) is 0 Å². The highest BCUT2D eigenvalue weighted by Gasteiger charge is 2.29. The van der Waals surface area contributed by atoms with E-state index in [4.69, 9.17) is 16.3 Å². The highest BCUT2D eigenvalue weighted by atomic mass is 35.5. The molecule has 0 spiro atoms. The van der Waals surface area contributed by atoms with Gasteiger partial charge in [0.15, 0.2) is 6.07 Å². The molecule has 0 heterocycles. The van der Waals surface area contributed by atoms with Crippen molar-refractivity contribution in [2.75, 3.05) is 12.6 Å². The standard InChI is InChI=1S/C11H20ClNO4/c1-6-13(8(2)9(14)16-7-12)10(15)17-11(3,4)5/h8H,6-7H2,1-5H3. The number of hydrogen-bond acceptors (Lipinski definition) is 4. The summed E-state index contributed by atoms with van der Waals surface area (Å²) in [7, 11) is 0. The minimum Gasteiger partial charge on any atom is -0.448 e. The lowest BCUT2D eigenvalue weighted by Gasteiger charge is -2.29. The lowest BCUT2D eigenvalue weighted by atomic mass is 10.2. The first-order valence-electron chi connectivity index (χ1n) is 5.45. The van der Waals surface area contributed by atoms with Crippen molar-refractivity contribution in [2.24, 2.45) is 0 Å². The van der Waals surface area contributed by atoms with Crippen LogP contribution in [-0.2, 0) is 14.3 Å². The molecule has 1 amide bonds. The molecule has 0 aliphatic carbocycles. The van der Waals surface area contributed by atoms with Gasteiger partial charge in [0.2, 0.25) is 0 Å². The Hall–Kier alpha value is -0.970. The monoisotopic (exact) mass is 265 g/mol. The summed E-state index contributed by atoms with van der Waals surface area (Å²) >= 11 is 5.30. The third kappa shape index (κ3) is 5.77. The van der Waals surface area contributed by atoms with Crippen LogP contribution in [0.1, 0.15) is 34.6 Å². The first-order valence-corrected chi connectivity index (χ1v) is 5.98. The Morgan fingerprint density at radius 1 is 1.35 bits per heavy atom. The molecule has 100 valence electrons. The number of alkyl halides is 1. The minimum atomic E-state index is -0.714. The zero-order valence-electron chi connectivity index (χ0n) is 10.9. The van der Waals surface area contributed by atoms with Gasteiger partial charge in [-0.25, -0.2) is 9.59 Å². The van der Waals surface area contributed by atoms with Crippen LogP contribution in [0.15, 0.2) is 0 Å². The van der Waals surface area contributed by atoms with Crippen LogP contribution in [0.2, 0.25) is 0 Å². The summed E-state index contributed by atoms with van der Waals surface area (Å²) in [6.07, 6.45) is -0.543. The van der Waals surface area contributed by atoms with E-state index in [0.29, 0.717) is 6.54 Å². The number of halogens is 1. The number of esters is 1. The summed E-state index contributed by atoms with van der Waals surface area (Å²) in [5.41, 5.74) is -0.597. The molecular weight excluding hydrogens is 246 g/mol. The van der Waals surface area contributed by atoms with E-state index in [2.05, 4.69) is 4.74 Å². The molecular formula is C11H20ClNO4. The fraction of sp³-hybridized carbons (Fsp3) is 0.818. The molecule has 0 bridgehead atoms. The van der Waals surface area contributed by atoms with Crippen molar-refractivity contribution < 1.29 is 19.1 Å². The second-order valence-electron chi connectivity index (χ2n) is 4.51. The molecule has 0 radical (unpaired) electrons. The normalized spacial score (nSPS) is 12.8. The van der Waals surface area contributed by atoms with Crippen LogP contribution in [0.5, 0.6) is 0 Å². The highest BCUT2D eigenvalue weighted by Crippen LogP contribution is 2.12. The smallest absolute Gasteiger partial charge is 0.411 e. The van der Waals surface area contributed by atoms with Crippen molar-refractivity contribution in [2.45, 2.75) is 46.3 Å². The SMILES string of the molecule is CCN(C(=O)OC(C)(C)C)C(C)C(=O)OCCl. The lowest BCUT2D eigenvalue weighted by molar-refractivity contribution is -0.147. The third-order valence-corrected chi connectivity index (χ3v) is 2.08. The van der Waals surface area contributed by atoms with Crippen molar-refractivity contribution >= 4 is 23.7 Å². The number of amides is 1. The van der Waals surface area contributed by atoms with Gasteiger partial charge in [0.1, 0.15) is 11.6 Å². The van der Waals surface area contributed by atoms with Gasteiger partial charge >= 0.3 is 12.1 Å². The van der Waals surface area contributed by atoms with Crippen LogP contribution in [-0.4, -0.2) is 41.2 Å². The summed E-state index contributed by atoms with van der Waals surface area (Å²) < 4.78 is 9.83. The zero-order valence-corrected chi connectivity index (χ0v) is 11.7. The van der Waals surface area contributed by atoms with Gasteiger partial charge in [0.05, 0.1) is 0 Å². The summed E-state index contributed by atoms with van der Waals surface area (Å²) in [6.45, 7) is 8.98. The van der Waals surface area contributed by atoms with Crippen LogP contribution in [0.3, 0.4) is 0 Å². The molecule has 6 heteroatoms. The second kappa shape index (κ2) is 6.69. The van der Waals surface area contributed by atoms with Crippen LogP contribution >= 0.6 is 11.6 Å². The molecule has 17 heavy (non-hydrogen) atoms. The van der Waals surface area contributed by atoms with E-state index >= 15 is 0 Å². The fourth-order valence-electron chi connectivity index (χ4n) is 1.18. The van der Waals surface area contributed by atoms with E-state index in [1.54, 1.807) is 34.6 Å². The van der Waals surface area contributed by atoms with Crippen LogP contribution in [0.25, 0.3) is 0 Å². The Kier molecular flexibility index (Phi) is 6.31. The zero-order chi connectivity index (χ0) is 13.6. The minimum absolute atomic E-state index is 0.227. The summed E-state index contributed by atoms with van der Waals surface area (Å²) in [6, 6.07) is -0.941. The molecule has 0 rings (SSSR count). The van der Waals surface area contributed by atoms with Crippen molar-refractivity contribution in [3.8, 4) is 0 Å². The molecule has 0 aromatic carbocycles. The Bertz CT molecular complexity index is 275. The van der Waals surface area contributed by atoms with Crippen LogP contribution < -0.4 is 0 Å². The van der Waals surface area contributed by atoms with E-state index in [1.807, 2.05) is 0 Å². The van der Waals surface area contributed by atoms with Gasteiger partial charge in [-0.3, -0.25) is 4.90 Å². The van der Waals surface area contributed by atoms with Gasteiger partial charge in [-0.2, -0.15) is 0 Å². The molecule has 0 aliphatic rings.